The summed E-state index contributed by atoms with van der Waals surface area (Å²) in [5.74, 6) is 0.270. The number of anilines is 1. The molecule has 1 aliphatic heterocycles. The molecule has 0 aromatic heterocycles. The summed E-state index contributed by atoms with van der Waals surface area (Å²) in [6.45, 7) is 3.65. The molecule has 1 aliphatic rings. The standard InChI is InChI=1S/C12H16N2O/c1-9-7-11(13)5-4-10(9)8-14-6-2-3-12(14)15/h4-5,7H,2-3,6,8,13H2,1H3. The van der Waals surface area contributed by atoms with Gasteiger partial charge in [0.15, 0.2) is 0 Å². The number of aryl methyl sites for hydroxylation is 1. The van der Waals surface area contributed by atoms with Gasteiger partial charge in [-0.05, 0) is 36.6 Å². The summed E-state index contributed by atoms with van der Waals surface area (Å²) < 4.78 is 0. The maximum Gasteiger partial charge on any atom is 0.222 e. The first-order valence-corrected chi connectivity index (χ1v) is 5.29. The van der Waals surface area contributed by atoms with Crippen molar-refractivity contribution in [3.05, 3.63) is 29.3 Å². The Morgan fingerprint density at radius 1 is 1.47 bits per heavy atom. The SMILES string of the molecule is Cc1cc(N)ccc1CN1CCCC1=O. The molecule has 3 heteroatoms. The van der Waals surface area contributed by atoms with Crippen LogP contribution < -0.4 is 5.73 Å². The van der Waals surface area contributed by atoms with Gasteiger partial charge >= 0.3 is 0 Å². The minimum atomic E-state index is 0.270. The summed E-state index contributed by atoms with van der Waals surface area (Å²) >= 11 is 0. The quantitative estimate of drug-likeness (QED) is 0.745. The van der Waals surface area contributed by atoms with Gasteiger partial charge in [-0.25, -0.2) is 0 Å². The van der Waals surface area contributed by atoms with E-state index in [-0.39, 0.29) is 5.91 Å². The lowest BCUT2D eigenvalue weighted by atomic mass is 10.1. The number of carbonyl (C=O) groups is 1. The third-order valence-electron chi connectivity index (χ3n) is 2.90. The summed E-state index contributed by atoms with van der Waals surface area (Å²) in [6.07, 6.45) is 1.70. The predicted molar refractivity (Wildman–Crippen MR) is 60.2 cm³/mol. The molecule has 1 aromatic carbocycles. The van der Waals surface area contributed by atoms with Gasteiger partial charge in [-0.1, -0.05) is 6.07 Å². The molecule has 3 nitrogen and oxygen atoms in total. The van der Waals surface area contributed by atoms with E-state index in [2.05, 4.69) is 0 Å². The first-order valence-electron chi connectivity index (χ1n) is 5.29. The van der Waals surface area contributed by atoms with Gasteiger partial charge in [-0.15, -0.1) is 0 Å². The lowest BCUT2D eigenvalue weighted by Gasteiger charge is -2.17. The first-order chi connectivity index (χ1) is 7.16. The lowest BCUT2D eigenvalue weighted by Crippen LogP contribution is -2.24. The molecule has 1 heterocycles. The van der Waals surface area contributed by atoms with E-state index in [9.17, 15) is 4.79 Å². The van der Waals surface area contributed by atoms with E-state index < -0.39 is 0 Å². The maximum atomic E-state index is 11.5. The van der Waals surface area contributed by atoms with Gasteiger partial charge in [0.05, 0.1) is 0 Å². The monoisotopic (exact) mass is 204 g/mol. The number of hydrogen-bond donors (Lipinski definition) is 1. The van der Waals surface area contributed by atoms with E-state index in [1.807, 2.05) is 30.0 Å². The molecule has 1 fully saturated rings. The third-order valence-corrected chi connectivity index (χ3v) is 2.90. The van der Waals surface area contributed by atoms with E-state index in [1.165, 1.54) is 5.56 Å². The number of hydrogen-bond acceptors (Lipinski definition) is 2. The minimum Gasteiger partial charge on any atom is -0.399 e. The van der Waals surface area contributed by atoms with Crippen molar-refractivity contribution in [2.45, 2.75) is 26.3 Å². The Labute approximate surface area is 89.9 Å². The van der Waals surface area contributed by atoms with Gasteiger partial charge < -0.3 is 10.6 Å². The van der Waals surface area contributed by atoms with Crippen LogP contribution in [0.4, 0.5) is 5.69 Å². The molecule has 2 rings (SSSR count). The van der Waals surface area contributed by atoms with Crippen LogP contribution in [-0.4, -0.2) is 17.4 Å². The van der Waals surface area contributed by atoms with Gasteiger partial charge in [0, 0.05) is 25.2 Å². The molecule has 0 atom stereocenters. The highest BCUT2D eigenvalue weighted by atomic mass is 16.2. The Balaban J connectivity index is 2.13. The molecular weight excluding hydrogens is 188 g/mol. The maximum absolute atomic E-state index is 11.5. The Morgan fingerprint density at radius 3 is 2.87 bits per heavy atom. The molecule has 0 unspecified atom stereocenters. The van der Waals surface area contributed by atoms with Gasteiger partial charge in [0.1, 0.15) is 0 Å². The molecule has 0 radical (unpaired) electrons. The predicted octanol–water partition coefficient (Wildman–Crippen LogP) is 1.70. The van der Waals surface area contributed by atoms with Gasteiger partial charge in [-0.3, -0.25) is 4.79 Å². The smallest absolute Gasteiger partial charge is 0.222 e. The van der Waals surface area contributed by atoms with Crippen molar-refractivity contribution in [1.82, 2.24) is 4.90 Å². The number of nitrogens with two attached hydrogens (primary N) is 1. The Hall–Kier alpha value is -1.51. The van der Waals surface area contributed by atoms with Crippen molar-refractivity contribution in [2.24, 2.45) is 0 Å². The summed E-state index contributed by atoms with van der Waals surface area (Å²) in [7, 11) is 0. The normalized spacial score (nSPS) is 16.1. The number of nitrogens with zero attached hydrogens (tertiary/aromatic N) is 1. The van der Waals surface area contributed by atoms with E-state index in [0.29, 0.717) is 6.42 Å². The highest BCUT2D eigenvalue weighted by Gasteiger charge is 2.20. The third kappa shape index (κ3) is 2.12. The van der Waals surface area contributed by atoms with Crippen molar-refractivity contribution in [3.8, 4) is 0 Å². The molecule has 0 spiro atoms. The minimum absolute atomic E-state index is 0.270. The fourth-order valence-electron chi connectivity index (χ4n) is 1.97. The van der Waals surface area contributed by atoms with E-state index in [4.69, 9.17) is 5.73 Å². The number of amides is 1. The van der Waals surface area contributed by atoms with Crippen LogP contribution in [0.1, 0.15) is 24.0 Å². The van der Waals surface area contributed by atoms with Gasteiger partial charge in [-0.2, -0.15) is 0 Å². The highest BCUT2D eigenvalue weighted by Crippen LogP contribution is 2.18. The van der Waals surface area contributed by atoms with E-state index >= 15 is 0 Å². The molecule has 0 bridgehead atoms. The zero-order valence-electron chi connectivity index (χ0n) is 8.99. The summed E-state index contributed by atoms with van der Waals surface area (Å²) in [4.78, 5) is 13.4. The van der Waals surface area contributed by atoms with Crippen LogP contribution in [0.2, 0.25) is 0 Å². The van der Waals surface area contributed by atoms with Crippen LogP contribution in [-0.2, 0) is 11.3 Å². The molecular formula is C12H16N2O. The number of benzene rings is 1. The van der Waals surface area contributed by atoms with E-state index in [1.54, 1.807) is 0 Å². The molecule has 1 saturated heterocycles. The topological polar surface area (TPSA) is 46.3 Å². The van der Waals surface area contributed by atoms with Crippen molar-refractivity contribution in [3.63, 3.8) is 0 Å². The second-order valence-corrected chi connectivity index (χ2v) is 4.10. The Morgan fingerprint density at radius 2 is 2.27 bits per heavy atom. The largest absolute Gasteiger partial charge is 0.399 e. The Bertz CT molecular complexity index is 387. The van der Waals surface area contributed by atoms with Crippen molar-refractivity contribution >= 4 is 11.6 Å². The van der Waals surface area contributed by atoms with Crippen LogP contribution in [0, 0.1) is 6.92 Å². The van der Waals surface area contributed by atoms with Gasteiger partial charge in [0.2, 0.25) is 5.91 Å². The second-order valence-electron chi connectivity index (χ2n) is 4.10. The zero-order valence-corrected chi connectivity index (χ0v) is 8.99. The molecule has 2 N–H and O–H groups in total. The molecule has 0 aliphatic carbocycles. The molecule has 1 aromatic rings. The summed E-state index contributed by atoms with van der Waals surface area (Å²) in [5.41, 5.74) is 8.82. The second kappa shape index (κ2) is 3.93. The number of likely N-dealkylation sites (tertiary alicyclic amines) is 1. The molecule has 15 heavy (non-hydrogen) atoms. The highest BCUT2D eigenvalue weighted by molar-refractivity contribution is 5.78. The Kier molecular flexibility index (Phi) is 2.62. The average Bonchev–Trinajstić information content (AvgIpc) is 2.57. The van der Waals surface area contributed by atoms with Crippen molar-refractivity contribution in [2.75, 3.05) is 12.3 Å². The number of carbonyl (C=O) groups excluding carboxylic acids is 1. The molecule has 1 amide bonds. The summed E-state index contributed by atoms with van der Waals surface area (Å²) in [5, 5.41) is 0. The number of rotatable bonds is 2. The summed E-state index contributed by atoms with van der Waals surface area (Å²) in [6, 6.07) is 5.86. The molecule has 0 saturated carbocycles. The van der Waals surface area contributed by atoms with Crippen molar-refractivity contribution in [1.29, 1.82) is 0 Å². The molecule has 80 valence electrons. The first kappa shape index (κ1) is 10.0. The fraction of sp³-hybridized carbons (Fsp3) is 0.417. The number of nitrogen functional groups attached to an aromatic ring is 1. The van der Waals surface area contributed by atoms with Gasteiger partial charge in [0.25, 0.3) is 0 Å². The lowest BCUT2D eigenvalue weighted by molar-refractivity contribution is -0.128. The van der Waals surface area contributed by atoms with Crippen LogP contribution in [0.5, 0.6) is 0 Å². The van der Waals surface area contributed by atoms with Crippen molar-refractivity contribution < 1.29 is 4.79 Å². The van der Waals surface area contributed by atoms with Crippen LogP contribution in [0.25, 0.3) is 0 Å². The average molecular weight is 204 g/mol. The van der Waals surface area contributed by atoms with E-state index in [0.717, 1.165) is 30.8 Å². The van der Waals surface area contributed by atoms with Crippen LogP contribution >= 0.6 is 0 Å². The van der Waals surface area contributed by atoms with Crippen LogP contribution in [0.3, 0.4) is 0 Å². The van der Waals surface area contributed by atoms with Crippen LogP contribution in [0.15, 0.2) is 18.2 Å². The fourth-order valence-corrected chi connectivity index (χ4v) is 1.97. The zero-order chi connectivity index (χ0) is 10.8.